The van der Waals surface area contributed by atoms with E-state index in [0.29, 0.717) is 0 Å². The summed E-state index contributed by atoms with van der Waals surface area (Å²) in [5, 5.41) is 2.52. The van der Waals surface area contributed by atoms with Crippen LogP contribution in [0.3, 0.4) is 0 Å². The average molecular weight is 340 g/mol. The maximum absolute atomic E-state index is 12.7. The third-order valence-corrected chi connectivity index (χ3v) is 2.23. The van der Waals surface area contributed by atoms with Gasteiger partial charge in [0, 0.05) is 5.54 Å². The zero-order valence-corrected chi connectivity index (χ0v) is 14.1. The highest BCUT2D eigenvalue weighted by atomic mass is 19.4. The third-order valence-electron chi connectivity index (χ3n) is 2.23. The number of rotatable bonds is 6. The molecule has 134 valence electrons. The first-order chi connectivity index (χ1) is 10.1. The van der Waals surface area contributed by atoms with Crippen molar-refractivity contribution in [2.75, 3.05) is 0 Å². The van der Waals surface area contributed by atoms with Gasteiger partial charge in [0.05, 0.1) is 12.0 Å². The number of amides is 2. The second-order valence-corrected chi connectivity index (χ2v) is 7.07. The molecule has 6 nitrogen and oxygen atoms in total. The van der Waals surface area contributed by atoms with Gasteiger partial charge in [0.2, 0.25) is 12.2 Å². The van der Waals surface area contributed by atoms with Crippen molar-refractivity contribution >= 4 is 18.1 Å². The zero-order chi connectivity index (χ0) is 18.6. The number of nitrogens with one attached hydrogen (secondary N) is 1. The van der Waals surface area contributed by atoms with Gasteiger partial charge in [-0.2, -0.15) is 13.2 Å². The van der Waals surface area contributed by atoms with Crippen LogP contribution in [-0.2, 0) is 19.2 Å². The molecule has 0 aromatic carbocycles. The van der Waals surface area contributed by atoms with E-state index in [2.05, 4.69) is 5.32 Å². The third kappa shape index (κ3) is 9.17. The van der Waals surface area contributed by atoms with E-state index in [9.17, 15) is 27.6 Å². The maximum Gasteiger partial charge on any atom is 0.391 e. The van der Waals surface area contributed by atoms with Crippen molar-refractivity contribution in [2.24, 2.45) is 0 Å². The van der Waals surface area contributed by atoms with E-state index in [1.54, 1.807) is 20.8 Å². The molecule has 23 heavy (non-hydrogen) atoms. The maximum atomic E-state index is 12.7. The SMILES string of the molecule is CC(C)(C)NC(=O)C(=O)[C@H](CC(F)(F)F)N(C=O)OC(C)(C)C. The molecule has 0 spiro atoms. The summed E-state index contributed by atoms with van der Waals surface area (Å²) in [6.45, 7) is 9.19. The monoisotopic (exact) mass is 340 g/mol. The number of ketones is 1. The van der Waals surface area contributed by atoms with Crippen LogP contribution >= 0.6 is 0 Å². The molecule has 0 aliphatic carbocycles. The summed E-state index contributed by atoms with van der Waals surface area (Å²) in [4.78, 5) is 40.1. The van der Waals surface area contributed by atoms with Gasteiger partial charge in [-0.25, -0.2) is 5.06 Å². The summed E-state index contributed by atoms with van der Waals surface area (Å²) >= 11 is 0. The minimum Gasteiger partial charge on any atom is -0.345 e. The van der Waals surface area contributed by atoms with Crippen LogP contribution in [0.2, 0.25) is 0 Å². The van der Waals surface area contributed by atoms with Crippen molar-refractivity contribution in [2.45, 2.75) is 71.3 Å². The highest BCUT2D eigenvalue weighted by Crippen LogP contribution is 2.26. The van der Waals surface area contributed by atoms with Crippen molar-refractivity contribution in [3.05, 3.63) is 0 Å². The number of halogens is 3. The van der Waals surface area contributed by atoms with E-state index in [4.69, 9.17) is 4.84 Å². The Morgan fingerprint density at radius 1 is 1.13 bits per heavy atom. The summed E-state index contributed by atoms with van der Waals surface area (Å²) in [5.41, 5.74) is -1.84. The lowest BCUT2D eigenvalue weighted by Crippen LogP contribution is -2.53. The fourth-order valence-electron chi connectivity index (χ4n) is 1.55. The molecule has 0 aromatic rings. The van der Waals surface area contributed by atoms with E-state index in [-0.39, 0.29) is 11.5 Å². The van der Waals surface area contributed by atoms with Crippen LogP contribution in [-0.4, -0.2) is 46.5 Å². The standard InChI is InChI=1S/C14H23F3N2O4/c1-12(2,3)18-11(22)10(21)9(7-14(15,16)17)19(8-20)23-13(4,5)6/h8-9H,7H2,1-6H3,(H,18,22)/t9-/m0/s1. The van der Waals surface area contributed by atoms with Gasteiger partial charge < -0.3 is 5.32 Å². The predicted molar refractivity (Wildman–Crippen MR) is 76.1 cm³/mol. The molecule has 9 heteroatoms. The van der Waals surface area contributed by atoms with Crippen LogP contribution in [0, 0.1) is 0 Å². The Morgan fingerprint density at radius 2 is 1.61 bits per heavy atom. The van der Waals surface area contributed by atoms with Crippen LogP contribution < -0.4 is 5.32 Å². The lowest BCUT2D eigenvalue weighted by molar-refractivity contribution is -0.244. The molecule has 1 atom stereocenters. The summed E-state index contributed by atoms with van der Waals surface area (Å²) < 4.78 is 38.1. The summed E-state index contributed by atoms with van der Waals surface area (Å²) in [6.07, 6.45) is -6.48. The van der Waals surface area contributed by atoms with Crippen LogP contribution in [0.25, 0.3) is 0 Å². The molecule has 0 heterocycles. The lowest BCUT2D eigenvalue weighted by atomic mass is 10.0. The zero-order valence-electron chi connectivity index (χ0n) is 14.1. The Hall–Kier alpha value is -1.64. The molecular weight excluding hydrogens is 317 g/mol. The minimum atomic E-state index is -4.76. The first-order valence-corrected chi connectivity index (χ1v) is 6.91. The second-order valence-electron chi connectivity index (χ2n) is 7.07. The fourth-order valence-corrected chi connectivity index (χ4v) is 1.55. The van der Waals surface area contributed by atoms with Gasteiger partial charge in [0.25, 0.3) is 5.91 Å². The van der Waals surface area contributed by atoms with Crippen LogP contribution in [0.4, 0.5) is 13.2 Å². The van der Waals surface area contributed by atoms with Gasteiger partial charge in [0.1, 0.15) is 6.04 Å². The smallest absolute Gasteiger partial charge is 0.345 e. The Balaban J connectivity index is 5.47. The molecule has 0 bridgehead atoms. The molecule has 0 fully saturated rings. The van der Waals surface area contributed by atoms with E-state index >= 15 is 0 Å². The first-order valence-electron chi connectivity index (χ1n) is 6.91. The Morgan fingerprint density at radius 3 is 1.91 bits per heavy atom. The number of nitrogens with zero attached hydrogens (tertiary/aromatic N) is 1. The number of hydrogen-bond donors (Lipinski definition) is 1. The molecule has 0 rings (SSSR count). The van der Waals surface area contributed by atoms with E-state index < -0.39 is 41.5 Å². The van der Waals surface area contributed by atoms with Crippen LogP contribution in [0.15, 0.2) is 0 Å². The number of carbonyl (C=O) groups is 3. The minimum absolute atomic E-state index is 0.0378. The molecule has 0 unspecified atom stereocenters. The summed E-state index contributed by atoms with van der Waals surface area (Å²) in [7, 11) is 0. The Bertz CT molecular complexity index is 450. The molecule has 0 radical (unpaired) electrons. The highest BCUT2D eigenvalue weighted by Gasteiger charge is 2.42. The first kappa shape index (κ1) is 21.4. The molecule has 0 aliphatic rings. The van der Waals surface area contributed by atoms with Gasteiger partial charge in [-0.3, -0.25) is 19.2 Å². The Labute approximate surface area is 133 Å². The molecule has 0 aromatic heterocycles. The molecule has 2 amide bonds. The van der Waals surface area contributed by atoms with Crippen molar-refractivity contribution in [1.82, 2.24) is 10.4 Å². The molecule has 0 aliphatic heterocycles. The van der Waals surface area contributed by atoms with Gasteiger partial charge >= 0.3 is 6.18 Å². The van der Waals surface area contributed by atoms with Crippen molar-refractivity contribution in [1.29, 1.82) is 0 Å². The van der Waals surface area contributed by atoms with E-state index in [1.165, 1.54) is 20.8 Å². The Kier molecular flexibility index (Phi) is 6.77. The molecule has 0 saturated carbocycles. The van der Waals surface area contributed by atoms with E-state index in [0.717, 1.165) is 0 Å². The lowest BCUT2D eigenvalue weighted by Gasteiger charge is -2.32. The number of hydroxylamine groups is 2. The second kappa shape index (κ2) is 7.29. The fraction of sp³-hybridized carbons (Fsp3) is 0.786. The summed E-state index contributed by atoms with van der Waals surface area (Å²) in [6, 6.07) is -2.09. The van der Waals surface area contributed by atoms with Crippen LogP contribution in [0.5, 0.6) is 0 Å². The number of carbonyl (C=O) groups excluding carboxylic acids is 3. The van der Waals surface area contributed by atoms with Gasteiger partial charge in [-0.15, -0.1) is 0 Å². The van der Waals surface area contributed by atoms with E-state index in [1.807, 2.05) is 0 Å². The topological polar surface area (TPSA) is 75.7 Å². The average Bonchev–Trinajstić information content (AvgIpc) is 2.27. The normalized spacial score (nSPS) is 14.1. The number of alkyl halides is 3. The molecule has 0 saturated heterocycles. The largest absolute Gasteiger partial charge is 0.391 e. The van der Waals surface area contributed by atoms with Gasteiger partial charge in [-0.1, -0.05) is 0 Å². The number of Topliss-reactive ketones (excluding diaryl/α,β-unsaturated/α-hetero) is 1. The quantitative estimate of drug-likeness (QED) is 0.456. The van der Waals surface area contributed by atoms with Gasteiger partial charge in [-0.05, 0) is 41.5 Å². The summed E-state index contributed by atoms with van der Waals surface area (Å²) in [5.74, 6) is -2.61. The molecular formula is C14H23F3N2O4. The molecule has 1 N–H and O–H groups in total. The number of hydrogen-bond acceptors (Lipinski definition) is 4. The van der Waals surface area contributed by atoms with Crippen LogP contribution in [0.1, 0.15) is 48.0 Å². The van der Waals surface area contributed by atoms with Gasteiger partial charge in [0.15, 0.2) is 0 Å². The van der Waals surface area contributed by atoms with Crippen molar-refractivity contribution in [3.8, 4) is 0 Å². The highest BCUT2D eigenvalue weighted by molar-refractivity contribution is 6.38. The van der Waals surface area contributed by atoms with Crippen molar-refractivity contribution in [3.63, 3.8) is 0 Å². The van der Waals surface area contributed by atoms with Crippen molar-refractivity contribution < 1.29 is 32.4 Å². The predicted octanol–water partition coefficient (Wildman–Crippen LogP) is 1.98.